The van der Waals surface area contributed by atoms with Gasteiger partial charge in [-0.15, -0.1) is 0 Å². The van der Waals surface area contributed by atoms with E-state index in [2.05, 4.69) is 29.1 Å². The van der Waals surface area contributed by atoms with Crippen LogP contribution in [0.25, 0.3) is 0 Å². The Bertz CT molecular complexity index is 170. The molecule has 0 fully saturated rings. The lowest BCUT2D eigenvalue weighted by Gasteiger charge is -1.96. The zero-order chi connectivity index (χ0) is 7.94. The number of hydrogen-bond acceptors (Lipinski definition) is 1. The van der Waals surface area contributed by atoms with Gasteiger partial charge in [0.2, 0.25) is 0 Å². The Kier molecular flexibility index (Phi) is 4.24. The fourth-order valence-corrected chi connectivity index (χ4v) is 1.71. The number of rotatable bonds is 5. The van der Waals surface area contributed by atoms with E-state index in [1.807, 2.05) is 0 Å². The summed E-state index contributed by atoms with van der Waals surface area (Å²) in [5.41, 5.74) is 1.46. The highest BCUT2D eigenvalue weighted by atomic mass is 32.1. The topological polar surface area (TPSA) is 16.6 Å². The normalized spacial score (nSPS) is 10.3. The number of quaternary nitrogens is 1. The summed E-state index contributed by atoms with van der Waals surface area (Å²) in [7, 11) is 0. The Morgan fingerprint density at radius 2 is 2.45 bits per heavy atom. The van der Waals surface area contributed by atoms with Gasteiger partial charge in [0, 0.05) is 5.56 Å². The van der Waals surface area contributed by atoms with Crippen LogP contribution in [0.1, 0.15) is 25.3 Å². The van der Waals surface area contributed by atoms with Crippen LogP contribution < -0.4 is 5.32 Å². The summed E-state index contributed by atoms with van der Waals surface area (Å²) in [4.78, 5) is 0. The first-order valence-corrected chi connectivity index (χ1v) is 5.20. The van der Waals surface area contributed by atoms with E-state index in [4.69, 9.17) is 0 Å². The van der Waals surface area contributed by atoms with Crippen LogP contribution in [-0.2, 0) is 6.54 Å². The summed E-state index contributed by atoms with van der Waals surface area (Å²) in [5, 5.41) is 6.75. The average Bonchev–Trinajstić information content (AvgIpc) is 2.50. The summed E-state index contributed by atoms with van der Waals surface area (Å²) in [6.07, 6.45) is 2.64. The molecule has 0 aromatic carbocycles. The summed E-state index contributed by atoms with van der Waals surface area (Å²) in [6.45, 7) is 4.66. The second-order valence-electron chi connectivity index (χ2n) is 2.77. The molecule has 0 atom stereocenters. The quantitative estimate of drug-likeness (QED) is 0.647. The molecule has 0 aliphatic heterocycles. The zero-order valence-corrected chi connectivity index (χ0v) is 7.86. The molecule has 0 radical (unpaired) electrons. The first-order valence-electron chi connectivity index (χ1n) is 4.26. The number of thiophene rings is 1. The molecule has 0 spiro atoms. The third-order valence-electron chi connectivity index (χ3n) is 1.72. The highest BCUT2D eigenvalue weighted by Crippen LogP contribution is 2.02. The molecule has 11 heavy (non-hydrogen) atoms. The summed E-state index contributed by atoms with van der Waals surface area (Å²) in [5.74, 6) is 0. The van der Waals surface area contributed by atoms with Crippen LogP contribution in [0.5, 0.6) is 0 Å². The Morgan fingerprint density at radius 1 is 1.55 bits per heavy atom. The standard InChI is InChI=1S/C9H15NS/c1-2-3-5-10-7-9-4-6-11-8-9/h4,6,8,10H,2-3,5,7H2,1H3/p+1. The number of hydrogen-bond donors (Lipinski definition) is 1. The van der Waals surface area contributed by atoms with Crippen molar-refractivity contribution in [2.45, 2.75) is 26.3 Å². The first kappa shape index (κ1) is 8.75. The average molecular weight is 170 g/mol. The molecule has 1 aromatic heterocycles. The van der Waals surface area contributed by atoms with Crippen LogP contribution in [0.15, 0.2) is 16.8 Å². The molecule has 0 saturated heterocycles. The van der Waals surface area contributed by atoms with Crippen molar-refractivity contribution < 1.29 is 5.32 Å². The van der Waals surface area contributed by atoms with E-state index in [1.165, 1.54) is 24.9 Å². The maximum absolute atomic E-state index is 2.38. The lowest BCUT2D eigenvalue weighted by Crippen LogP contribution is -2.82. The van der Waals surface area contributed by atoms with Gasteiger partial charge in [-0.25, -0.2) is 0 Å². The Labute approximate surface area is 72.4 Å². The van der Waals surface area contributed by atoms with Gasteiger partial charge in [0.1, 0.15) is 6.54 Å². The highest BCUT2D eigenvalue weighted by molar-refractivity contribution is 7.07. The summed E-state index contributed by atoms with van der Waals surface area (Å²) < 4.78 is 0. The van der Waals surface area contributed by atoms with Gasteiger partial charge < -0.3 is 5.32 Å². The van der Waals surface area contributed by atoms with Crippen LogP contribution >= 0.6 is 11.3 Å². The molecule has 1 rings (SSSR count). The largest absolute Gasteiger partial charge is 0.342 e. The van der Waals surface area contributed by atoms with Crippen molar-refractivity contribution in [3.63, 3.8) is 0 Å². The van der Waals surface area contributed by atoms with Crippen molar-refractivity contribution in [1.29, 1.82) is 0 Å². The minimum absolute atomic E-state index is 1.16. The monoisotopic (exact) mass is 170 g/mol. The van der Waals surface area contributed by atoms with E-state index in [-0.39, 0.29) is 0 Å². The maximum atomic E-state index is 2.38. The molecule has 1 aromatic rings. The SMILES string of the molecule is CCCC[NH2+]Cc1ccsc1. The van der Waals surface area contributed by atoms with Gasteiger partial charge in [0.25, 0.3) is 0 Å². The lowest BCUT2D eigenvalue weighted by molar-refractivity contribution is -0.670. The molecule has 0 aliphatic carbocycles. The summed E-state index contributed by atoms with van der Waals surface area (Å²) in [6, 6.07) is 2.20. The third kappa shape index (κ3) is 3.54. The van der Waals surface area contributed by atoms with Gasteiger partial charge in [-0.05, 0) is 23.2 Å². The molecule has 62 valence electrons. The molecule has 0 bridgehead atoms. The van der Waals surface area contributed by atoms with E-state index >= 15 is 0 Å². The Hall–Kier alpha value is -0.340. The van der Waals surface area contributed by atoms with Gasteiger partial charge in [-0.1, -0.05) is 13.3 Å². The predicted octanol–water partition coefficient (Wildman–Crippen LogP) is 1.61. The fraction of sp³-hybridized carbons (Fsp3) is 0.556. The van der Waals surface area contributed by atoms with Gasteiger partial charge in [0.05, 0.1) is 6.54 Å². The third-order valence-corrected chi connectivity index (χ3v) is 2.45. The lowest BCUT2D eigenvalue weighted by atomic mass is 10.3. The first-order chi connectivity index (χ1) is 5.43. The van der Waals surface area contributed by atoms with Crippen LogP contribution in [0.3, 0.4) is 0 Å². The second-order valence-corrected chi connectivity index (χ2v) is 3.55. The fourth-order valence-electron chi connectivity index (χ4n) is 1.03. The predicted molar refractivity (Wildman–Crippen MR) is 49.7 cm³/mol. The number of nitrogens with two attached hydrogens (primary N) is 1. The zero-order valence-electron chi connectivity index (χ0n) is 7.05. The summed E-state index contributed by atoms with van der Waals surface area (Å²) >= 11 is 1.78. The van der Waals surface area contributed by atoms with Crippen LogP contribution in [0, 0.1) is 0 Å². The van der Waals surface area contributed by atoms with E-state index < -0.39 is 0 Å². The van der Waals surface area contributed by atoms with Crippen LogP contribution in [0.2, 0.25) is 0 Å². The molecular weight excluding hydrogens is 154 g/mol. The van der Waals surface area contributed by atoms with E-state index in [1.54, 1.807) is 11.3 Å². The maximum Gasteiger partial charge on any atom is 0.102 e. The minimum atomic E-state index is 1.16. The Morgan fingerprint density at radius 3 is 3.09 bits per heavy atom. The van der Waals surface area contributed by atoms with Crippen LogP contribution in [0.4, 0.5) is 0 Å². The van der Waals surface area contributed by atoms with E-state index in [0.717, 1.165) is 6.54 Å². The molecule has 0 aliphatic rings. The van der Waals surface area contributed by atoms with E-state index in [0.29, 0.717) is 0 Å². The molecule has 2 N–H and O–H groups in total. The molecule has 1 heterocycles. The van der Waals surface area contributed by atoms with Crippen molar-refractivity contribution in [3.05, 3.63) is 22.4 Å². The van der Waals surface area contributed by atoms with Crippen molar-refractivity contribution in [2.24, 2.45) is 0 Å². The minimum Gasteiger partial charge on any atom is -0.342 e. The van der Waals surface area contributed by atoms with Crippen molar-refractivity contribution in [1.82, 2.24) is 0 Å². The van der Waals surface area contributed by atoms with Crippen molar-refractivity contribution >= 4 is 11.3 Å². The number of unbranched alkanes of at least 4 members (excludes halogenated alkanes) is 1. The molecule has 0 amide bonds. The van der Waals surface area contributed by atoms with Gasteiger partial charge in [-0.2, -0.15) is 11.3 Å². The van der Waals surface area contributed by atoms with Crippen molar-refractivity contribution in [2.75, 3.05) is 6.54 Å². The molecule has 0 saturated carbocycles. The highest BCUT2D eigenvalue weighted by Gasteiger charge is 1.93. The molecule has 2 heteroatoms. The Balaban J connectivity index is 2.04. The molecular formula is C9H16NS+. The van der Waals surface area contributed by atoms with E-state index in [9.17, 15) is 0 Å². The van der Waals surface area contributed by atoms with Gasteiger partial charge in [-0.3, -0.25) is 0 Å². The second kappa shape index (κ2) is 5.33. The van der Waals surface area contributed by atoms with Gasteiger partial charge in [0.15, 0.2) is 0 Å². The molecule has 0 unspecified atom stereocenters. The van der Waals surface area contributed by atoms with Crippen molar-refractivity contribution in [3.8, 4) is 0 Å². The van der Waals surface area contributed by atoms with Gasteiger partial charge >= 0.3 is 0 Å². The smallest absolute Gasteiger partial charge is 0.102 e. The molecule has 1 nitrogen and oxygen atoms in total. The van der Waals surface area contributed by atoms with Crippen LogP contribution in [-0.4, -0.2) is 6.54 Å².